The van der Waals surface area contributed by atoms with E-state index in [2.05, 4.69) is 0 Å². The average molecular weight is 243 g/mol. The van der Waals surface area contributed by atoms with Gasteiger partial charge >= 0.3 is 0 Å². The van der Waals surface area contributed by atoms with E-state index in [9.17, 15) is 4.79 Å². The van der Waals surface area contributed by atoms with Crippen LogP contribution in [-0.4, -0.2) is 17.6 Å². The Morgan fingerprint density at radius 2 is 2.11 bits per heavy atom. The first-order chi connectivity index (χ1) is 8.85. The molecular formula is C14H13NO3. The van der Waals surface area contributed by atoms with Gasteiger partial charge in [-0.1, -0.05) is 6.07 Å². The van der Waals surface area contributed by atoms with Gasteiger partial charge < -0.3 is 14.0 Å². The molecule has 0 fully saturated rings. The van der Waals surface area contributed by atoms with Crippen LogP contribution in [0, 0.1) is 0 Å². The number of aryl methyl sites for hydroxylation is 2. The molecule has 3 rings (SSSR count). The molecule has 1 aromatic heterocycles. The quantitative estimate of drug-likeness (QED) is 0.773. The van der Waals surface area contributed by atoms with Crippen LogP contribution in [0.4, 0.5) is 0 Å². The van der Waals surface area contributed by atoms with Gasteiger partial charge in [-0.15, -0.1) is 0 Å². The van der Waals surface area contributed by atoms with Gasteiger partial charge in [0.1, 0.15) is 0 Å². The SMILES string of the molecule is O=Cc1ccn(CCc2ccc3c(c2)OCO3)c1. The molecular weight excluding hydrogens is 230 g/mol. The number of aldehydes is 1. The number of benzene rings is 1. The topological polar surface area (TPSA) is 40.5 Å². The number of carbonyl (C=O) groups is 1. The van der Waals surface area contributed by atoms with Crippen LogP contribution in [-0.2, 0) is 13.0 Å². The molecule has 1 aromatic carbocycles. The molecule has 0 unspecified atom stereocenters. The lowest BCUT2D eigenvalue weighted by Gasteiger charge is -2.04. The number of rotatable bonds is 4. The molecule has 0 bridgehead atoms. The smallest absolute Gasteiger partial charge is 0.231 e. The van der Waals surface area contributed by atoms with Crippen LogP contribution in [0.15, 0.2) is 36.7 Å². The van der Waals surface area contributed by atoms with Crippen molar-refractivity contribution in [3.05, 3.63) is 47.8 Å². The zero-order valence-corrected chi connectivity index (χ0v) is 9.83. The van der Waals surface area contributed by atoms with Gasteiger partial charge in [0.05, 0.1) is 0 Å². The van der Waals surface area contributed by atoms with Gasteiger partial charge in [0.25, 0.3) is 0 Å². The first kappa shape index (κ1) is 10.9. The highest BCUT2D eigenvalue weighted by molar-refractivity contribution is 5.74. The number of fused-ring (bicyclic) bond motifs is 1. The Balaban J connectivity index is 1.68. The van der Waals surface area contributed by atoms with Gasteiger partial charge in [0.2, 0.25) is 6.79 Å². The largest absolute Gasteiger partial charge is 0.454 e. The second kappa shape index (κ2) is 4.56. The maximum absolute atomic E-state index is 10.6. The molecule has 0 saturated carbocycles. The minimum absolute atomic E-state index is 0.305. The Labute approximate surface area is 105 Å². The minimum atomic E-state index is 0.305. The van der Waals surface area contributed by atoms with Crippen molar-refractivity contribution < 1.29 is 14.3 Å². The van der Waals surface area contributed by atoms with Crippen molar-refractivity contribution >= 4 is 6.29 Å². The summed E-state index contributed by atoms with van der Waals surface area (Å²) in [4.78, 5) is 10.6. The lowest BCUT2D eigenvalue weighted by Crippen LogP contribution is -1.98. The molecule has 0 saturated heterocycles. The molecule has 0 amide bonds. The minimum Gasteiger partial charge on any atom is -0.454 e. The van der Waals surface area contributed by atoms with Gasteiger partial charge in [-0.2, -0.15) is 0 Å². The number of aromatic nitrogens is 1. The first-order valence-electron chi connectivity index (χ1n) is 5.84. The van der Waals surface area contributed by atoms with Crippen molar-refractivity contribution in [2.45, 2.75) is 13.0 Å². The summed E-state index contributed by atoms with van der Waals surface area (Å²) in [7, 11) is 0. The molecule has 1 aliphatic rings. The van der Waals surface area contributed by atoms with Gasteiger partial charge in [-0.05, 0) is 30.2 Å². The van der Waals surface area contributed by atoms with Gasteiger partial charge in [0.15, 0.2) is 17.8 Å². The van der Waals surface area contributed by atoms with E-state index in [4.69, 9.17) is 9.47 Å². The van der Waals surface area contributed by atoms with E-state index in [0.29, 0.717) is 12.4 Å². The predicted molar refractivity (Wildman–Crippen MR) is 66.1 cm³/mol. The zero-order valence-electron chi connectivity index (χ0n) is 9.83. The maximum atomic E-state index is 10.6. The molecule has 2 aromatic rings. The molecule has 0 N–H and O–H groups in total. The summed E-state index contributed by atoms with van der Waals surface area (Å²) < 4.78 is 12.6. The Morgan fingerprint density at radius 3 is 2.94 bits per heavy atom. The van der Waals surface area contributed by atoms with Gasteiger partial charge in [-0.25, -0.2) is 0 Å². The lowest BCUT2D eigenvalue weighted by molar-refractivity contribution is 0.112. The summed E-state index contributed by atoms with van der Waals surface area (Å²) in [6.45, 7) is 1.15. The van der Waals surface area contributed by atoms with Crippen molar-refractivity contribution in [3.63, 3.8) is 0 Å². The highest BCUT2D eigenvalue weighted by Crippen LogP contribution is 2.32. The molecule has 0 radical (unpaired) electrons. The standard InChI is InChI=1S/C14H13NO3/c16-9-12-4-6-15(8-12)5-3-11-1-2-13-14(7-11)18-10-17-13/h1-2,4,6-9H,3,5,10H2. The molecule has 92 valence electrons. The van der Waals surface area contributed by atoms with E-state index < -0.39 is 0 Å². The molecule has 1 aliphatic heterocycles. The summed E-state index contributed by atoms with van der Waals surface area (Å²) in [5, 5.41) is 0. The molecule has 4 nitrogen and oxygen atoms in total. The molecule has 0 spiro atoms. The fourth-order valence-corrected chi connectivity index (χ4v) is 2.02. The molecule has 18 heavy (non-hydrogen) atoms. The normalized spacial score (nSPS) is 12.7. The Bertz CT molecular complexity index is 574. The van der Waals surface area contributed by atoms with Crippen molar-refractivity contribution in [1.82, 2.24) is 4.57 Å². The van der Waals surface area contributed by atoms with E-state index in [-0.39, 0.29) is 0 Å². The maximum Gasteiger partial charge on any atom is 0.231 e. The third kappa shape index (κ3) is 2.09. The second-order valence-corrected chi connectivity index (χ2v) is 4.24. The summed E-state index contributed by atoms with van der Waals surface area (Å²) in [6, 6.07) is 7.79. The molecule has 0 atom stereocenters. The summed E-state index contributed by atoms with van der Waals surface area (Å²) >= 11 is 0. The average Bonchev–Trinajstić information content (AvgIpc) is 3.04. The number of hydrogen-bond donors (Lipinski definition) is 0. The van der Waals surface area contributed by atoms with Crippen LogP contribution in [0.25, 0.3) is 0 Å². The van der Waals surface area contributed by atoms with Crippen LogP contribution < -0.4 is 9.47 Å². The van der Waals surface area contributed by atoms with Crippen molar-refractivity contribution in [3.8, 4) is 11.5 Å². The van der Waals surface area contributed by atoms with Crippen LogP contribution in [0.5, 0.6) is 11.5 Å². The van der Waals surface area contributed by atoms with Crippen molar-refractivity contribution in [2.24, 2.45) is 0 Å². The Morgan fingerprint density at radius 1 is 1.22 bits per heavy atom. The Hall–Kier alpha value is -2.23. The molecule has 0 aliphatic carbocycles. The zero-order chi connectivity index (χ0) is 12.4. The van der Waals surface area contributed by atoms with Crippen LogP contribution >= 0.6 is 0 Å². The van der Waals surface area contributed by atoms with E-state index in [1.165, 1.54) is 5.56 Å². The Kier molecular flexibility index (Phi) is 2.76. The number of ether oxygens (including phenoxy) is 2. The van der Waals surface area contributed by atoms with Gasteiger partial charge in [-0.3, -0.25) is 4.79 Å². The number of hydrogen-bond acceptors (Lipinski definition) is 3. The van der Waals surface area contributed by atoms with E-state index in [1.54, 1.807) is 0 Å². The first-order valence-corrected chi connectivity index (χ1v) is 5.84. The van der Waals surface area contributed by atoms with Crippen molar-refractivity contribution in [1.29, 1.82) is 0 Å². The third-order valence-electron chi connectivity index (χ3n) is 3.01. The lowest BCUT2D eigenvalue weighted by atomic mass is 10.1. The van der Waals surface area contributed by atoms with E-state index in [0.717, 1.165) is 30.8 Å². The molecule has 2 heterocycles. The second-order valence-electron chi connectivity index (χ2n) is 4.24. The molecule has 4 heteroatoms. The van der Waals surface area contributed by atoms with Crippen molar-refractivity contribution in [2.75, 3.05) is 6.79 Å². The summed E-state index contributed by atoms with van der Waals surface area (Å²) in [5.41, 5.74) is 1.90. The van der Waals surface area contributed by atoms with Crippen LogP contribution in [0.1, 0.15) is 15.9 Å². The summed E-state index contributed by atoms with van der Waals surface area (Å²) in [5.74, 6) is 1.62. The van der Waals surface area contributed by atoms with Crippen LogP contribution in [0.2, 0.25) is 0 Å². The number of carbonyl (C=O) groups excluding carboxylic acids is 1. The van der Waals surface area contributed by atoms with E-state index in [1.807, 2.05) is 41.2 Å². The third-order valence-corrected chi connectivity index (χ3v) is 3.01. The number of nitrogens with zero attached hydrogens (tertiary/aromatic N) is 1. The highest BCUT2D eigenvalue weighted by Gasteiger charge is 2.12. The fourth-order valence-electron chi connectivity index (χ4n) is 2.02. The predicted octanol–water partition coefficient (Wildman–Crippen LogP) is 2.27. The monoisotopic (exact) mass is 243 g/mol. The highest BCUT2D eigenvalue weighted by atomic mass is 16.7. The van der Waals surface area contributed by atoms with Gasteiger partial charge in [0, 0.05) is 24.5 Å². The fraction of sp³-hybridized carbons (Fsp3) is 0.214. The summed E-state index contributed by atoms with van der Waals surface area (Å²) in [6.07, 6.45) is 5.51. The van der Waals surface area contributed by atoms with E-state index >= 15 is 0 Å². The van der Waals surface area contributed by atoms with Crippen LogP contribution in [0.3, 0.4) is 0 Å².